The smallest absolute Gasteiger partial charge is 0.224 e. The molecule has 3 rings (SSSR count). The van der Waals surface area contributed by atoms with Gasteiger partial charge in [0, 0.05) is 0 Å². The Morgan fingerprint density at radius 2 is 1.47 bits per heavy atom. The van der Waals surface area contributed by atoms with Gasteiger partial charge in [0.15, 0.2) is 11.5 Å². The van der Waals surface area contributed by atoms with Crippen molar-refractivity contribution >= 4 is 5.91 Å². The average Bonchev–Trinajstić information content (AvgIpc) is 2.78. The topological polar surface area (TPSA) is 56.8 Å². The summed E-state index contributed by atoms with van der Waals surface area (Å²) in [5, 5.41) is 2.94. The number of methoxy groups -OCH3 is 3. The SMILES string of the molecule is COc1cc(CC(=O)NC(Cc2cccc(F)c2)c2cccc(F)c2)cc(OC)c1OC. The van der Waals surface area contributed by atoms with Crippen LogP contribution < -0.4 is 19.5 Å². The Bertz CT molecular complexity index is 1060. The molecule has 0 aliphatic heterocycles. The second-order valence-corrected chi connectivity index (χ2v) is 7.22. The molecule has 0 fully saturated rings. The minimum absolute atomic E-state index is 0.0334. The molecule has 5 nitrogen and oxygen atoms in total. The first-order chi connectivity index (χ1) is 15.4. The van der Waals surface area contributed by atoms with Crippen molar-refractivity contribution < 1.29 is 27.8 Å². The van der Waals surface area contributed by atoms with E-state index in [0.717, 1.165) is 0 Å². The molecular weight excluding hydrogens is 416 g/mol. The Morgan fingerprint density at radius 1 is 0.844 bits per heavy atom. The van der Waals surface area contributed by atoms with Gasteiger partial charge in [-0.2, -0.15) is 0 Å². The zero-order valence-corrected chi connectivity index (χ0v) is 18.2. The molecule has 3 aromatic rings. The van der Waals surface area contributed by atoms with Crippen LogP contribution >= 0.6 is 0 Å². The third kappa shape index (κ3) is 5.75. The lowest BCUT2D eigenvalue weighted by Gasteiger charge is -2.20. The zero-order valence-electron chi connectivity index (χ0n) is 18.2. The van der Waals surface area contributed by atoms with Crippen molar-refractivity contribution in [3.63, 3.8) is 0 Å². The molecule has 0 aromatic heterocycles. The molecule has 0 aliphatic rings. The van der Waals surface area contributed by atoms with Gasteiger partial charge in [-0.25, -0.2) is 8.78 Å². The van der Waals surface area contributed by atoms with E-state index in [4.69, 9.17) is 14.2 Å². The number of hydrogen-bond acceptors (Lipinski definition) is 4. The van der Waals surface area contributed by atoms with E-state index >= 15 is 0 Å². The molecule has 1 unspecified atom stereocenters. The summed E-state index contributed by atoms with van der Waals surface area (Å²) < 4.78 is 43.5. The Hall–Kier alpha value is -3.61. The van der Waals surface area contributed by atoms with Crippen LogP contribution in [0.2, 0.25) is 0 Å². The Labute approximate surface area is 185 Å². The molecule has 1 N–H and O–H groups in total. The zero-order chi connectivity index (χ0) is 23.1. The maximum absolute atomic E-state index is 13.8. The van der Waals surface area contributed by atoms with E-state index in [9.17, 15) is 13.6 Å². The number of amides is 1. The van der Waals surface area contributed by atoms with Gasteiger partial charge in [0.2, 0.25) is 11.7 Å². The van der Waals surface area contributed by atoms with Gasteiger partial charge in [-0.1, -0.05) is 24.3 Å². The van der Waals surface area contributed by atoms with Gasteiger partial charge in [-0.05, 0) is 59.5 Å². The van der Waals surface area contributed by atoms with Crippen LogP contribution in [0.5, 0.6) is 17.2 Å². The van der Waals surface area contributed by atoms with E-state index < -0.39 is 11.9 Å². The summed E-state index contributed by atoms with van der Waals surface area (Å²) in [7, 11) is 4.50. The molecule has 1 atom stereocenters. The number of carbonyl (C=O) groups excluding carboxylic acids is 1. The van der Waals surface area contributed by atoms with Gasteiger partial charge in [0.1, 0.15) is 11.6 Å². The number of carbonyl (C=O) groups is 1. The summed E-state index contributed by atoms with van der Waals surface area (Å²) in [6.07, 6.45) is 0.341. The second kappa shape index (κ2) is 10.6. The predicted molar refractivity (Wildman–Crippen MR) is 117 cm³/mol. The Kier molecular flexibility index (Phi) is 7.65. The van der Waals surface area contributed by atoms with Gasteiger partial charge in [-0.15, -0.1) is 0 Å². The molecule has 7 heteroatoms. The number of halogens is 2. The first-order valence-corrected chi connectivity index (χ1v) is 10.0. The highest BCUT2D eigenvalue weighted by Crippen LogP contribution is 2.38. The fraction of sp³-hybridized carbons (Fsp3) is 0.240. The molecule has 0 saturated heterocycles. The summed E-state index contributed by atoms with van der Waals surface area (Å²) in [5.74, 6) is 0.245. The van der Waals surface area contributed by atoms with Crippen molar-refractivity contribution in [2.75, 3.05) is 21.3 Å². The van der Waals surface area contributed by atoms with E-state index in [1.165, 1.54) is 45.6 Å². The fourth-order valence-electron chi connectivity index (χ4n) is 3.54. The molecule has 0 radical (unpaired) electrons. The minimum Gasteiger partial charge on any atom is -0.493 e. The van der Waals surface area contributed by atoms with Crippen molar-refractivity contribution in [2.24, 2.45) is 0 Å². The fourth-order valence-corrected chi connectivity index (χ4v) is 3.54. The molecule has 1 amide bonds. The molecular formula is C25H25F2NO4. The van der Waals surface area contributed by atoms with Crippen LogP contribution in [0.1, 0.15) is 22.7 Å². The van der Waals surface area contributed by atoms with Crippen molar-refractivity contribution in [3.05, 3.63) is 89.0 Å². The lowest BCUT2D eigenvalue weighted by molar-refractivity contribution is -0.121. The van der Waals surface area contributed by atoms with Crippen LogP contribution in [-0.4, -0.2) is 27.2 Å². The summed E-state index contributed by atoms with van der Waals surface area (Å²) in [4.78, 5) is 12.9. The third-order valence-corrected chi connectivity index (χ3v) is 5.00. The van der Waals surface area contributed by atoms with Crippen LogP contribution in [0.15, 0.2) is 60.7 Å². The quantitative estimate of drug-likeness (QED) is 0.526. The lowest BCUT2D eigenvalue weighted by Crippen LogP contribution is -2.31. The summed E-state index contributed by atoms with van der Waals surface area (Å²) >= 11 is 0. The van der Waals surface area contributed by atoms with Crippen molar-refractivity contribution in [3.8, 4) is 17.2 Å². The molecule has 168 valence electrons. The number of ether oxygens (including phenoxy) is 3. The second-order valence-electron chi connectivity index (χ2n) is 7.22. The monoisotopic (exact) mass is 441 g/mol. The van der Waals surface area contributed by atoms with Crippen molar-refractivity contribution in [1.82, 2.24) is 5.32 Å². The van der Waals surface area contributed by atoms with Crippen LogP contribution in [0, 0.1) is 11.6 Å². The molecule has 32 heavy (non-hydrogen) atoms. The summed E-state index contributed by atoms with van der Waals surface area (Å²) in [5.41, 5.74) is 1.93. The first-order valence-electron chi connectivity index (χ1n) is 10.0. The van der Waals surface area contributed by atoms with Crippen LogP contribution in [0.4, 0.5) is 8.78 Å². The highest BCUT2D eigenvalue weighted by Gasteiger charge is 2.19. The van der Waals surface area contributed by atoms with E-state index in [2.05, 4.69) is 5.32 Å². The van der Waals surface area contributed by atoms with Gasteiger partial charge in [0.05, 0.1) is 33.8 Å². The van der Waals surface area contributed by atoms with Crippen molar-refractivity contribution in [1.29, 1.82) is 0 Å². The number of benzene rings is 3. The highest BCUT2D eigenvalue weighted by molar-refractivity contribution is 5.79. The number of hydrogen-bond donors (Lipinski definition) is 1. The van der Waals surface area contributed by atoms with Crippen LogP contribution in [0.25, 0.3) is 0 Å². The molecule has 0 heterocycles. The van der Waals surface area contributed by atoms with E-state index in [0.29, 0.717) is 40.4 Å². The molecule has 0 saturated carbocycles. The van der Waals surface area contributed by atoms with Crippen molar-refractivity contribution in [2.45, 2.75) is 18.9 Å². The number of rotatable bonds is 9. The molecule has 0 spiro atoms. The van der Waals surface area contributed by atoms with Crippen LogP contribution in [0.3, 0.4) is 0 Å². The summed E-state index contributed by atoms with van der Waals surface area (Å²) in [6, 6.07) is 15.0. The average molecular weight is 441 g/mol. The lowest BCUT2D eigenvalue weighted by atomic mass is 9.98. The third-order valence-electron chi connectivity index (χ3n) is 5.00. The Morgan fingerprint density at radius 3 is 2.03 bits per heavy atom. The number of nitrogens with one attached hydrogen (secondary N) is 1. The highest BCUT2D eigenvalue weighted by atomic mass is 19.1. The predicted octanol–water partition coefficient (Wildman–Crippen LogP) is 4.63. The maximum atomic E-state index is 13.8. The van der Waals surface area contributed by atoms with E-state index in [-0.39, 0.29) is 18.1 Å². The van der Waals surface area contributed by atoms with E-state index in [1.807, 2.05) is 0 Å². The minimum atomic E-state index is -0.540. The molecule has 0 bridgehead atoms. The van der Waals surface area contributed by atoms with Gasteiger partial charge >= 0.3 is 0 Å². The normalized spacial score (nSPS) is 11.5. The first kappa shape index (κ1) is 23.1. The van der Waals surface area contributed by atoms with Gasteiger partial charge in [0.25, 0.3) is 0 Å². The maximum Gasteiger partial charge on any atom is 0.224 e. The van der Waals surface area contributed by atoms with Gasteiger partial charge in [-0.3, -0.25) is 4.79 Å². The van der Waals surface area contributed by atoms with Gasteiger partial charge < -0.3 is 19.5 Å². The molecule has 3 aromatic carbocycles. The standard InChI is InChI=1S/C25H25F2NO4/c1-30-22-12-17(13-23(31-2)25(22)32-3)14-24(29)28-21(18-7-5-9-20(27)15-18)11-16-6-4-8-19(26)10-16/h4-10,12-13,15,21H,11,14H2,1-3H3,(H,28,29). The van der Waals surface area contributed by atoms with E-state index in [1.54, 1.807) is 36.4 Å². The largest absolute Gasteiger partial charge is 0.493 e. The Balaban J connectivity index is 1.84. The van der Waals surface area contributed by atoms with Crippen LogP contribution in [-0.2, 0) is 17.6 Å². The molecule has 0 aliphatic carbocycles. The summed E-state index contributed by atoms with van der Waals surface area (Å²) in [6.45, 7) is 0.